The first-order valence-corrected chi connectivity index (χ1v) is 10.6. The molecule has 0 amide bonds. The van der Waals surface area contributed by atoms with E-state index in [-0.39, 0.29) is 5.78 Å². The van der Waals surface area contributed by atoms with Crippen molar-refractivity contribution in [2.45, 2.75) is 45.7 Å². The maximum Gasteiger partial charge on any atom is 0.176 e. The molecule has 0 saturated carbocycles. The second-order valence-electron chi connectivity index (χ2n) is 8.96. The van der Waals surface area contributed by atoms with Crippen LogP contribution in [0.3, 0.4) is 0 Å². The number of anilines is 1. The van der Waals surface area contributed by atoms with Crippen LogP contribution in [0.1, 0.15) is 43.4 Å². The van der Waals surface area contributed by atoms with E-state index in [1.807, 2.05) is 73.7 Å². The number of hydrogen-bond acceptors (Lipinski definition) is 5. The van der Waals surface area contributed by atoms with Crippen molar-refractivity contribution in [3.63, 3.8) is 0 Å². The third kappa shape index (κ3) is 2.73. The first-order chi connectivity index (χ1) is 13.7. The number of thiophene rings is 1. The van der Waals surface area contributed by atoms with Gasteiger partial charge < -0.3 is 4.90 Å². The Balaban J connectivity index is 2.02. The van der Waals surface area contributed by atoms with Crippen LogP contribution in [0, 0.1) is 40.4 Å². The van der Waals surface area contributed by atoms with E-state index in [4.69, 9.17) is 0 Å². The van der Waals surface area contributed by atoms with E-state index in [9.17, 15) is 15.3 Å². The zero-order valence-electron chi connectivity index (χ0n) is 17.0. The predicted molar refractivity (Wildman–Crippen MR) is 115 cm³/mol. The highest BCUT2D eigenvalue weighted by Crippen LogP contribution is 2.56. The number of nitrogens with zero attached hydrogens (tertiary/aromatic N) is 3. The Hall–Kier alpha value is -2.89. The van der Waals surface area contributed by atoms with E-state index in [0.717, 1.165) is 22.4 Å². The second-order valence-corrected chi connectivity index (χ2v) is 9.74. The van der Waals surface area contributed by atoms with Gasteiger partial charge >= 0.3 is 0 Å². The Bertz CT molecular complexity index is 1060. The first-order valence-electron chi connectivity index (χ1n) is 9.70. The minimum Gasteiger partial charge on any atom is -0.351 e. The number of fused-ring (bicyclic) bond motifs is 3. The number of benzene rings is 1. The molecule has 1 fully saturated rings. The molecule has 2 aliphatic heterocycles. The second kappa shape index (κ2) is 6.58. The lowest BCUT2D eigenvalue weighted by molar-refractivity contribution is -0.127. The van der Waals surface area contributed by atoms with E-state index in [1.165, 1.54) is 11.3 Å². The van der Waals surface area contributed by atoms with Gasteiger partial charge in [0.2, 0.25) is 0 Å². The first kappa shape index (κ1) is 19.4. The molecule has 146 valence electrons. The molecular formula is C24H23N3OS. The summed E-state index contributed by atoms with van der Waals surface area (Å²) in [6.07, 6.45) is 3.92. The summed E-state index contributed by atoms with van der Waals surface area (Å²) in [4.78, 5) is 15.8. The maximum atomic E-state index is 13.7. The number of hydrogen-bond donors (Lipinski definition) is 0. The van der Waals surface area contributed by atoms with Crippen LogP contribution in [0.2, 0.25) is 0 Å². The maximum absolute atomic E-state index is 13.7. The summed E-state index contributed by atoms with van der Waals surface area (Å²) in [5.74, 6) is -0.467. The number of nitriles is 2. The van der Waals surface area contributed by atoms with Gasteiger partial charge in [-0.2, -0.15) is 21.9 Å². The van der Waals surface area contributed by atoms with E-state index < -0.39 is 28.8 Å². The minimum atomic E-state index is -1.34. The molecule has 0 spiro atoms. The van der Waals surface area contributed by atoms with E-state index >= 15 is 0 Å². The summed E-state index contributed by atoms with van der Waals surface area (Å²) in [6, 6.07) is 11.7. The molecule has 1 aromatic carbocycles. The van der Waals surface area contributed by atoms with Crippen LogP contribution in [0.15, 0.2) is 41.1 Å². The molecular weight excluding hydrogens is 378 g/mol. The number of ketones is 1. The lowest BCUT2D eigenvalue weighted by Crippen LogP contribution is -2.47. The average Bonchev–Trinajstić information content (AvgIpc) is 3.30. The molecule has 29 heavy (non-hydrogen) atoms. The fourth-order valence-corrected chi connectivity index (χ4v) is 5.38. The van der Waals surface area contributed by atoms with Crippen LogP contribution >= 0.6 is 11.3 Å². The van der Waals surface area contributed by atoms with Crippen LogP contribution < -0.4 is 4.90 Å². The number of aryl methyl sites for hydroxylation is 1. The molecule has 4 rings (SSSR count). The number of Topliss-reactive ketones (excluding diaryl/α,β-unsaturated/α-hetero) is 1. The van der Waals surface area contributed by atoms with Gasteiger partial charge in [0.1, 0.15) is 0 Å². The monoisotopic (exact) mass is 401 g/mol. The van der Waals surface area contributed by atoms with Crippen molar-refractivity contribution in [2.75, 3.05) is 4.90 Å². The molecule has 0 aliphatic carbocycles. The molecule has 2 aromatic rings. The quantitative estimate of drug-likeness (QED) is 0.704. The molecule has 1 saturated heterocycles. The topological polar surface area (TPSA) is 67.9 Å². The van der Waals surface area contributed by atoms with Crippen LogP contribution in [0.5, 0.6) is 0 Å². The Labute approximate surface area is 175 Å². The van der Waals surface area contributed by atoms with E-state index in [1.54, 1.807) is 0 Å². The van der Waals surface area contributed by atoms with Gasteiger partial charge in [-0.1, -0.05) is 44.6 Å². The van der Waals surface area contributed by atoms with Crippen LogP contribution in [-0.4, -0.2) is 17.9 Å². The van der Waals surface area contributed by atoms with Crippen molar-refractivity contribution in [1.29, 1.82) is 10.5 Å². The van der Waals surface area contributed by atoms with Crippen molar-refractivity contribution >= 4 is 28.9 Å². The highest BCUT2D eigenvalue weighted by Gasteiger charge is 2.64. The minimum absolute atomic E-state index is 0.0490. The Morgan fingerprint density at radius 2 is 1.93 bits per heavy atom. The zero-order chi connectivity index (χ0) is 21.0. The number of carbonyl (C=O) groups is 1. The molecule has 0 radical (unpaired) electrons. The van der Waals surface area contributed by atoms with Gasteiger partial charge in [0.25, 0.3) is 0 Å². The summed E-state index contributed by atoms with van der Waals surface area (Å²) in [6.45, 7) is 7.75. The average molecular weight is 402 g/mol. The summed E-state index contributed by atoms with van der Waals surface area (Å²) >= 11 is 1.52. The lowest BCUT2D eigenvalue weighted by Gasteiger charge is -2.37. The summed E-state index contributed by atoms with van der Waals surface area (Å²) in [7, 11) is 0. The predicted octanol–water partition coefficient (Wildman–Crippen LogP) is 5.07. The zero-order valence-corrected chi connectivity index (χ0v) is 17.8. The van der Waals surface area contributed by atoms with Crippen molar-refractivity contribution < 1.29 is 4.79 Å². The Morgan fingerprint density at radius 3 is 2.52 bits per heavy atom. The SMILES string of the molecule is Cc1ccc2c(c1)C=C[C@H]1N2[C@@H](C(=O)C(C)(C)C)[C@H](c2ccsc2)C1(C#N)C#N. The highest BCUT2D eigenvalue weighted by molar-refractivity contribution is 7.08. The molecule has 2 aliphatic rings. The van der Waals surface area contributed by atoms with Gasteiger partial charge in [-0.15, -0.1) is 0 Å². The third-order valence-electron chi connectivity index (χ3n) is 6.07. The van der Waals surface area contributed by atoms with Gasteiger partial charge in [0.15, 0.2) is 11.2 Å². The standard InChI is InChI=1S/C24H23N3OS/c1-15-5-7-18-16(11-15)6-8-19-24(13-25,14-26)20(17-9-10-29-12-17)21(27(18)19)22(28)23(2,3)4/h5-12,19-21H,1-4H3/t19-,20+,21-/m1/s1. The Morgan fingerprint density at radius 1 is 1.21 bits per heavy atom. The van der Waals surface area contributed by atoms with Crippen LogP contribution in [0.4, 0.5) is 5.69 Å². The van der Waals surface area contributed by atoms with Crippen molar-refractivity contribution in [1.82, 2.24) is 0 Å². The fourth-order valence-electron chi connectivity index (χ4n) is 4.68. The number of carbonyl (C=O) groups excluding carboxylic acids is 1. The van der Waals surface area contributed by atoms with Gasteiger partial charge in [0, 0.05) is 17.0 Å². The van der Waals surface area contributed by atoms with Crippen LogP contribution in [0.25, 0.3) is 6.08 Å². The van der Waals surface area contributed by atoms with Gasteiger partial charge in [0.05, 0.1) is 24.2 Å². The summed E-state index contributed by atoms with van der Waals surface area (Å²) in [5, 5.41) is 24.5. The van der Waals surface area contributed by atoms with Gasteiger partial charge in [-0.25, -0.2) is 0 Å². The molecule has 0 N–H and O–H groups in total. The molecule has 1 aromatic heterocycles. The summed E-state index contributed by atoms with van der Waals surface area (Å²) < 4.78 is 0. The molecule has 4 nitrogen and oxygen atoms in total. The summed E-state index contributed by atoms with van der Waals surface area (Å²) in [5.41, 5.74) is 2.01. The van der Waals surface area contributed by atoms with E-state index in [0.29, 0.717) is 0 Å². The van der Waals surface area contributed by atoms with Crippen LogP contribution in [-0.2, 0) is 4.79 Å². The lowest BCUT2D eigenvalue weighted by atomic mass is 9.68. The van der Waals surface area contributed by atoms with Crippen molar-refractivity contribution in [3.05, 3.63) is 57.8 Å². The fraction of sp³-hybridized carbons (Fsp3) is 0.375. The molecule has 0 bridgehead atoms. The molecule has 3 atom stereocenters. The normalized spacial score (nSPS) is 24.3. The van der Waals surface area contributed by atoms with E-state index in [2.05, 4.69) is 18.2 Å². The van der Waals surface area contributed by atoms with Crippen molar-refractivity contribution in [3.8, 4) is 12.1 Å². The Kier molecular flexibility index (Phi) is 4.41. The smallest absolute Gasteiger partial charge is 0.176 e. The van der Waals surface area contributed by atoms with Crippen molar-refractivity contribution in [2.24, 2.45) is 10.8 Å². The number of rotatable bonds is 2. The molecule has 0 unspecified atom stereocenters. The molecule has 3 heterocycles. The molecule has 5 heteroatoms. The highest BCUT2D eigenvalue weighted by atomic mass is 32.1. The largest absolute Gasteiger partial charge is 0.351 e. The van der Waals surface area contributed by atoms with Gasteiger partial charge in [-0.05, 0) is 47.0 Å². The van der Waals surface area contributed by atoms with Gasteiger partial charge in [-0.3, -0.25) is 4.79 Å². The third-order valence-corrected chi connectivity index (χ3v) is 6.77.